The van der Waals surface area contributed by atoms with Crippen molar-refractivity contribution >= 4 is 24.8 Å². The largest absolute Gasteiger partial charge is 0.469 e. The lowest BCUT2D eigenvalue weighted by Gasteiger charge is -2.17. The van der Waals surface area contributed by atoms with Crippen molar-refractivity contribution in [2.45, 2.75) is 24.5 Å². The van der Waals surface area contributed by atoms with Crippen LogP contribution in [0.2, 0.25) is 0 Å². The molecule has 0 unspecified atom stereocenters. The third-order valence-electron chi connectivity index (χ3n) is 3.62. The van der Waals surface area contributed by atoms with E-state index in [1.54, 1.807) is 0 Å². The topological polar surface area (TPSA) is 193 Å². The van der Waals surface area contributed by atoms with Gasteiger partial charge in [-0.2, -0.15) is 4.98 Å². The standard InChI is InChI=1S/C11H15N4O8P/c12-11-13-8-4(9(18)14-11)1-2-15(8)10-7(17)6(16)5(23-10)3-22-24(19,20)21/h1-2,5-7,10,16-17H,3H2,(H2,19,20,21)(H3,12,13,14,18)/t5-,6-,7+,10-/m1/s1. The molecular formula is C11H15N4O8P. The number of anilines is 1. The first-order valence-electron chi connectivity index (χ1n) is 6.75. The van der Waals surface area contributed by atoms with Crippen molar-refractivity contribution in [1.29, 1.82) is 0 Å². The number of hydrogen-bond donors (Lipinski definition) is 6. The Morgan fingerprint density at radius 3 is 2.79 bits per heavy atom. The van der Waals surface area contributed by atoms with Gasteiger partial charge in [0.25, 0.3) is 5.56 Å². The lowest BCUT2D eigenvalue weighted by atomic mass is 10.1. The summed E-state index contributed by atoms with van der Waals surface area (Å²) in [5.41, 5.74) is 5.14. The van der Waals surface area contributed by atoms with Crippen LogP contribution in [0.15, 0.2) is 17.1 Å². The Labute approximate surface area is 133 Å². The molecule has 2 aromatic rings. The van der Waals surface area contributed by atoms with Crippen LogP contribution in [0, 0.1) is 0 Å². The second kappa shape index (κ2) is 5.93. The van der Waals surface area contributed by atoms with Gasteiger partial charge in [-0.15, -0.1) is 0 Å². The number of fused-ring (bicyclic) bond motifs is 1. The molecule has 0 radical (unpaired) electrons. The maximum Gasteiger partial charge on any atom is 0.469 e. The summed E-state index contributed by atoms with van der Waals surface area (Å²) < 4.78 is 21.7. The first-order valence-corrected chi connectivity index (χ1v) is 8.28. The smallest absolute Gasteiger partial charge is 0.387 e. The summed E-state index contributed by atoms with van der Waals surface area (Å²) in [6.45, 7) is -0.631. The highest BCUT2D eigenvalue weighted by molar-refractivity contribution is 7.46. The van der Waals surface area contributed by atoms with Gasteiger partial charge in [0.2, 0.25) is 5.95 Å². The SMILES string of the molecule is Nc1nc2c(ccn2[C@@H]2O[C@H](COP(=O)(O)O)[C@@H](O)[C@@H]2O)c(=O)[nH]1. The van der Waals surface area contributed by atoms with E-state index < -0.39 is 44.5 Å². The molecule has 0 bridgehead atoms. The first-order chi connectivity index (χ1) is 11.2. The van der Waals surface area contributed by atoms with Crippen LogP contribution in [0.4, 0.5) is 5.95 Å². The minimum absolute atomic E-state index is 0.129. The molecule has 3 heterocycles. The zero-order valence-corrected chi connectivity index (χ0v) is 12.9. The van der Waals surface area contributed by atoms with E-state index in [9.17, 15) is 19.6 Å². The molecule has 24 heavy (non-hydrogen) atoms. The molecule has 0 saturated carbocycles. The normalized spacial score (nSPS) is 27.8. The average Bonchev–Trinajstić information content (AvgIpc) is 3.00. The molecule has 132 valence electrons. The maximum absolute atomic E-state index is 11.8. The summed E-state index contributed by atoms with van der Waals surface area (Å²) >= 11 is 0. The Morgan fingerprint density at radius 2 is 2.12 bits per heavy atom. The van der Waals surface area contributed by atoms with E-state index in [0.717, 1.165) is 0 Å². The maximum atomic E-state index is 11.8. The predicted octanol–water partition coefficient (Wildman–Crippen LogP) is -1.96. The number of nitrogens with two attached hydrogens (primary N) is 1. The van der Waals surface area contributed by atoms with E-state index in [-0.39, 0.29) is 17.0 Å². The molecule has 2 aromatic heterocycles. The summed E-state index contributed by atoms with van der Waals surface area (Å²) in [5, 5.41) is 20.3. The zero-order valence-electron chi connectivity index (χ0n) is 12.0. The van der Waals surface area contributed by atoms with Gasteiger partial charge in [-0.05, 0) is 6.07 Å². The van der Waals surface area contributed by atoms with Gasteiger partial charge in [0.15, 0.2) is 11.9 Å². The molecule has 12 nitrogen and oxygen atoms in total. The molecule has 3 rings (SSSR count). The van der Waals surface area contributed by atoms with E-state index in [1.165, 1.54) is 16.8 Å². The number of rotatable bonds is 4. The predicted molar refractivity (Wildman–Crippen MR) is 78.7 cm³/mol. The van der Waals surface area contributed by atoms with E-state index in [0.29, 0.717) is 0 Å². The number of H-pyrrole nitrogens is 1. The number of nitrogens with zero attached hydrogens (tertiary/aromatic N) is 2. The third-order valence-corrected chi connectivity index (χ3v) is 4.10. The molecule has 0 amide bonds. The zero-order chi connectivity index (χ0) is 17.6. The molecule has 1 fully saturated rings. The van der Waals surface area contributed by atoms with Crippen molar-refractivity contribution in [1.82, 2.24) is 14.5 Å². The van der Waals surface area contributed by atoms with Crippen LogP contribution in [-0.2, 0) is 13.8 Å². The Hall–Kier alpha value is -1.79. The van der Waals surface area contributed by atoms with Gasteiger partial charge < -0.3 is 35.0 Å². The van der Waals surface area contributed by atoms with Crippen molar-refractivity contribution < 1.29 is 33.8 Å². The second-order valence-corrected chi connectivity index (χ2v) is 6.48. The van der Waals surface area contributed by atoms with Crippen LogP contribution in [0.25, 0.3) is 11.0 Å². The average molecular weight is 362 g/mol. The fraction of sp³-hybridized carbons (Fsp3) is 0.455. The van der Waals surface area contributed by atoms with E-state index in [4.69, 9.17) is 20.3 Å². The molecule has 7 N–H and O–H groups in total. The molecule has 4 atom stereocenters. The van der Waals surface area contributed by atoms with Crippen LogP contribution >= 0.6 is 7.82 Å². The van der Waals surface area contributed by atoms with Crippen LogP contribution in [0.3, 0.4) is 0 Å². The van der Waals surface area contributed by atoms with Crippen LogP contribution in [-0.4, -0.2) is 59.5 Å². The minimum Gasteiger partial charge on any atom is -0.387 e. The van der Waals surface area contributed by atoms with Gasteiger partial charge in [0.1, 0.15) is 18.3 Å². The number of nitrogen functional groups attached to an aromatic ring is 1. The first kappa shape index (κ1) is 17.0. The summed E-state index contributed by atoms with van der Waals surface area (Å²) in [6.07, 6.45) is -3.81. The molecule has 1 saturated heterocycles. The molecule has 1 aliphatic rings. The number of nitrogens with one attached hydrogen (secondary N) is 1. The van der Waals surface area contributed by atoms with Gasteiger partial charge in [-0.1, -0.05) is 0 Å². The highest BCUT2D eigenvalue weighted by atomic mass is 31.2. The molecular weight excluding hydrogens is 347 g/mol. The minimum atomic E-state index is -4.75. The number of phosphoric ester groups is 1. The van der Waals surface area contributed by atoms with Crippen molar-refractivity contribution in [3.8, 4) is 0 Å². The Bertz CT molecular complexity index is 859. The van der Waals surface area contributed by atoms with Gasteiger partial charge in [-0.25, -0.2) is 4.57 Å². The fourth-order valence-electron chi connectivity index (χ4n) is 2.53. The highest BCUT2D eigenvalue weighted by Crippen LogP contribution is 2.38. The van der Waals surface area contributed by atoms with E-state index in [1.807, 2.05) is 0 Å². The molecule has 0 aliphatic carbocycles. The quantitative estimate of drug-likeness (QED) is 0.332. The van der Waals surface area contributed by atoms with E-state index in [2.05, 4.69) is 14.5 Å². The lowest BCUT2D eigenvalue weighted by molar-refractivity contribution is -0.0501. The van der Waals surface area contributed by atoms with Gasteiger partial charge >= 0.3 is 7.82 Å². The lowest BCUT2D eigenvalue weighted by Crippen LogP contribution is -2.33. The van der Waals surface area contributed by atoms with Gasteiger partial charge in [0, 0.05) is 6.20 Å². The van der Waals surface area contributed by atoms with Crippen LogP contribution < -0.4 is 11.3 Å². The number of phosphoric acid groups is 1. The number of aromatic amines is 1. The van der Waals surface area contributed by atoms with Crippen LogP contribution in [0.5, 0.6) is 0 Å². The van der Waals surface area contributed by atoms with Crippen molar-refractivity contribution in [3.05, 3.63) is 22.6 Å². The summed E-state index contributed by atoms with van der Waals surface area (Å²) in [5.74, 6) is -0.137. The highest BCUT2D eigenvalue weighted by Gasteiger charge is 2.45. The van der Waals surface area contributed by atoms with Crippen molar-refractivity contribution in [2.75, 3.05) is 12.3 Å². The Balaban J connectivity index is 1.90. The Kier molecular flexibility index (Phi) is 4.21. The number of aromatic nitrogens is 3. The number of aliphatic hydroxyl groups excluding tert-OH is 2. The Morgan fingerprint density at radius 1 is 1.42 bits per heavy atom. The summed E-state index contributed by atoms with van der Waals surface area (Å²) in [7, 11) is -4.75. The van der Waals surface area contributed by atoms with Crippen molar-refractivity contribution in [3.63, 3.8) is 0 Å². The number of ether oxygens (including phenoxy) is 1. The van der Waals surface area contributed by atoms with Crippen LogP contribution in [0.1, 0.15) is 6.23 Å². The number of aliphatic hydroxyl groups is 2. The summed E-state index contributed by atoms with van der Waals surface area (Å²) in [4.78, 5) is 35.5. The fourth-order valence-corrected chi connectivity index (χ4v) is 2.87. The monoisotopic (exact) mass is 362 g/mol. The summed E-state index contributed by atoms with van der Waals surface area (Å²) in [6, 6.07) is 1.43. The van der Waals surface area contributed by atoms with Gasteiger partial charge in [-0.3, -0.25) is 14.3 Å². The molecule has 1 aliphatic heterocycles. The number of hydrogen-bond acceptors (Lipinski definition) is 8. The second-order valence-electron chi connectivity index (χ2n) is 5.24. The van der Waals surface area contributed by atoms with E-state index >= 15 is 0 Å². The van der Waals surface area contributed by atoms with Gasteiger partial charge in [0.05, 0.1) is 12.0 Å². The third kappa shape index (κ3) is 3.08. The molecule has 13 heteroatoms. The molecule has 0 aromatic carbocycles. The van der Waals surface area contributed by atoms with Crippen molar-refractivity contribution in [2.24, 2.45) is 0 Å². The molecule has 0 spiro atoms.